The highest BCUT2D eigenvalue weighted by atomic mass is 16.2. The van der Waals surface area contributed by atoms with Gasteiger partial charge in [0.15, 0.2) is 0 Å². The zero-order valence-corrected chi connectivity index (χ0v) is 16.5. The summed E-state index contributed by atoms with van der Waals surface area (Å²) in [5.74, 6) is 2.41. The Morgan fingerprint density at radius 1 is 0.893 bits per heavy atom. The van der Waals surface area contributed by atoms with E-state index in [1.165, 1.54) is 24.8 Å². The Labute approximate surface area is 167 Å². The smallest absolute Gasteiger partial charge is 0.246 e. The number of hydrazone groups is 1. The number of carbonyl (C=O) groups excluding carboxylic acids is 1. The minimum Gasteiger partial charge on any atom is -0.273 e. The lowest BCUT2D eigenvalue weighted by molar-refractivity contribution is -0.146. The van der Waals surface area contributed by atoms with Crippen LogP contribution in [0.3, 0.4) is 0 Å². The van der Waals surface area contributed by atoms with E-state index < -0.39 is 0 Å². The summed E-state index contributed by atoms with van der Waals surface area (Å²) in [5, 5.41) is 4.68. The van der Waals surface area contributed by atoms with Gasteiger partial charge in [0, 0.05) is 11.1 Å². The first-order valence-electron chi connectivity index (χ1n) is 10.6. The largest absolute Gasteiger partial charge is 0.273 e. The molecule has 3 heteroatoms. The quantitative estimate of drug-likeness (QED) is 0.590. The van der Waals surface area contributed by atoms with Gasteiger partial charge in [-0.05, 0) is 69.3 Å². The van der Waals surface area contributed by atoms with Crippen molar-refractivity contribution in [3.8, 4) is 0 Å². The van der Waals surface area contributed by atoms with E-state index in [2.05, 4.69) is 47.8 Å². The van der Waals surface area contributed by atoms with Gasteiger partial charge in [-0.3, -0.25) is 4.79 Å². The van der Waals surface area contributed by atoms with Crippen LogP contribution in [0.5, 0.6) is 0 Å². The van der Waals surface area contributed by atoms with E-state index in [1.54, 1.807) is 0 Å². The van der Waals surface area contributed by atoms with Crippen molar-refractivity contribution in [2.75, 3.05) is 0 Å². The second-order valence-corrected chi connectivity index (χ2v) is 9.33. The Morgan fingerprint density at radius 2 is 1.50 bits per heavy atom. The highest BCUT2D eigenvalue weighted by Crippen LogP contribution is 2.60. The third kappa shape index (κ3) is 3.17. The lowest BCUT2D eigenvalue weighted by atomic mass is 9.49. The summed E-state index contributed by atoms with van der Waals surface area (Å²) in [6.45, 7) is 2.08. The summed E-state index contributed by atoms with van der Waals surface area (Å²) < 4.78 is 0. The number of nitrogens with zero attached hydrogens (tertiary/aromatic N) is 1. The van der Waals surface area contributed by atoms with Crippen LogP contribution >= 0.6 is 0 Å². The molecule has 0 atom stereocenters. The van der Waals surface area contributed by atoms with Crippen molar-refractivity contribution in [2.24, 2.45) is 28.3 Å². The average molecular weight is 373 g/mol. The number of aryl methyl sites for hydroxylation is 1. The second kappa shape index (κ2) is 6.88. The van der Waals surface area contributed by atoms with Crippen molar-refractivity contribution >= 4 is 11.6 Å². The van der Waals surface area contributed by atoms with Gasteiger partial charge in [0.05, 0.1) is 11.1 Å². The fraction of sp³-hybridized carbons (Fsp3) is 0.440. The third-order valence-corrected chi connectivity index (χ3v) is 7.13. The van der Waals surface area contributed by atoms with Crippen molar-refractivity contribution in [1.29, 1.82) is 0 Å². The number of nitrogens with one attached hydrogen (secondary N) is 1. The van der Waals surface area contributed by atoms with E-state index in [0.29, 0.717) is 0 Å². The first-order chi connectivity index (χ1) is 13.6. The molecule has 144 valence electrons. The van der Waals surface area contributed by atoms with Crippen LogP contribution < -0.4 is 5.43 Å². The molecule has 28 heavy (non-hydrogen) atoms. The van der Waals surface area contributed by atoms with Gasteiger partial charge in [0.2, 0.25) is 5.91 Å². The van der Waals surface area contributed by atoms with E-state index in [9.17, 15) is 4.79 Å². The number of amides is 1. The normalized spacial score (nSPS) is 31.0. The van der Waals surface area contributed by atoms with Crippen LogP contribution in [0.25, 0.3) is 0 Å². The van der Waals surface area contributed by atoms with E-state index in [0.717, 1.165) is 53.9 Å². The van der Waals surface area contributed by atoms with Gasteiger partial charge < -0.3 is 0 Å². The van der Waals surface area contributed by atoms with Crippen LogP contribution in [0.15, 0.2) is 59.7 Å². The minimum absolute atomic E-state index is 0.146. The van der Waals surface area contributed by atoms with Crippen molar-refractivity contribution in [1.82, 2.24) is 5.43 Å². The molecule has 0 heterocycles. The van der Waals surface area contributed by atoms with E-state index in [4.69, 9.17) is 0 Å². The summed E-state index contributed by atoms with van der Waals surface area (Å²) in [5.41, 5.74) is 6.92. The lowest BCUT2D eigenvalue weighted by Gasteiger charge is -2.55. The van der Waals surface area contributed by atoms with Gasteiger partial charge in [-0.25, -0.2) is 5.43 Å². The van der Waals surface area contributed by atoms with Gasteiger partial charge in [-0.1, -0.05) is 54.1 Å². The Bertz CT molecular complexity index is 880. The predicted octanol–water partition coefficient (Wildman–Crippen LogP) is 5.08. The number of hydrogen-bond donors (Lipinski definition) is 1. The maximum absolute atomic E-state index is 13.3. The maximum Gasteiger partial charge on any atom is 0.246 e. The lowest BCUT2D eigenvalue weighted by Crippen LogP contribution is -2.52. The molecule has 4 saturated carbocycles. The molecule has 0 radical (unpaired) electrons. The SMILES string of the molecule is Cc1cccc(C(=NNC(=O)C23CC4CC(CC(C4)C2)C3)c2ccccc2)c1. The van der Waals surface area contributed by atoms with Crippen molar-refractivity contribution in [3.05, 3.63) is 71.3 Å². The molecular formula is C25H28N2O. The van der Waals surface area contributed by atoms with Crippen molar-refractivity contribution in [3.63, 3.8) is 0 Å². The highest BCUT2D eigenvalue weighted by Gasteiger charge is 2.54. The Balaban J connectivity index is 1.44. The number of benzene rings is 2. The number of hydrogen-bond acceptors (Lipinski definition) is 2. The fourth-order valence-electron chi connectivity index (χ4n) is 6.30. The number of carbonyl (C=O) groups is 1. The molecule has 6 rings (SSSR count). The van der Waals surface area contributed by atoms with Crippen LogP contribution in [0, 0.1) is 30.1 Å². The van der Waals surface area contributed by atoms with Crippen LogP contribution in [-0.2, 0) is 4.79 Å². The topological polar surface area (TPSA) is 41.5 Å². The van der Waals surface area contributed by atoms with Gasteiger partial charge in [0.25, 0.3) is 0 Å². The van der Waals surface area contributed by atoms with E-state index in [1.807, 2.05) is 24.3 Å². The van der Waals surface area contributed by atoms with Crippen LogP contribution in [0.4, 0.5) is 0 Å². The van der Waals surface area contributed by atoms with Gasteiger partial charge >= 0.3 is 0 Å². The molecule has 3 nitrogen and oxygen atoms in total. The number of rotatable bonds is 4. The van der Waals surface area contributed by atoms with Gasteiger partial charge in [0.1, 0.15) is 0 Å². The standard InChI is InChI=1S/C25H28N2O/c1-17-6-5-9-22(10-17)23(21-7-3-2-4-8-21)26-27-24(28)25-14-18-11-19(15-25)13-20(12-18)16-25/h2-10,18-20H,11-16H2,1H3,(H,27,28). The molecule has 0 aromatic heterocycles. The van der Waals surface area contributed by atoms with E-state index >= 15 is 0 Å². The van der Waals surface area contributed by atoms with Crippen molar-refractivity contribution in [2.45, 2.75) is 45.4 Å². The van der Waals surface area contributed by atoms with Gasteiger partial charge in [-0.2, -0.15) is 5.10 Å². The molecule has 1 amide bonds. The summed E-state index contributed by atoms with van der Waals surface area (Å²) in [7, 11) is 0. The molecule has 0 unspecified atom stereocenters. The summed E-state index contributed by atoms with van der Waals surface area (Å²) >= 11 is 0. The molecule has 4 fully saturated rings. The molecule has 0 spiro atoms. The molecule has 4 aliphatic rings. The molecule has 1 N–H and O–H groups in total. The second-order valence-electron chi connectivity index (χ2n) is 9.33. The third-order valence-electron chi connectivity index (χ3n) is 7.13. The van der Waals surface area contributed by atoms with Crippen LogP contribution in [-0.4, -0.2) is 11.6 Å². The van der Waals surface area contributed by atoms with Crippen LogP contribution in [0.1, 0.15) is 55.2 Å². The zero-order valence-electron chi connectivity index (χ0n) is 16.5. The Morgan fingerprint density at radius 3 is 2.11 bits per heavy atom. The predicted molar refractivity (Wildman–Crippen MR) is 112 cm³/mol. The molecule has 2 aromatic rings. The molecular weight excluding hydrogens is 344 g/mol. The van der Waals surface area contributed by atoms with Crippen LogP contribution in [0.2, 0.25) is 0 Å². The monoisotopic (exact) mass is 372 g/mol. The first-order valence-corrected chi connectivity index (χ1v) is 10.6. The molecule has 2 aromatic carbocycles. The average Bonchev–Trinajstić information content (AvgIpc) is 2.68. The van der Waals surface area contributed by atoms with E-state index in [-0.39, 0.29) is 11.3 Å². The molecule has 4 bridgehead atoms. The maximum atomic E-state index is 13.3. The van der Waals surface area contributed by atoms with Gasteiger partial charge in [-0.15, -0.1) is 0 Å². The Kier molecular flexibility index (Phi) is 4.34. The molecule has 0 aliphatic heterocycles. The fourth-order valence-corrected chi connectivity index (χ4v) is 6.30. The molecule has 4 aliphatic carbocycles. The summed E-state index contributed by atoms with van der Waals surface area (Å²) in [4.78, 5) is 13.3. The minimum atomic E-state index is -0.174. The first kappa shape index (κ1) is 17.7. The molecule has 0 saturated heterocycles. The summed E-state index contributed by atoms with van der Waals surface area (Å²) in [6, 6.07) is 18.5. The zero-order chi connectivity index (χ0) is 19.1. The summed E-state index contributed by atoms with van der Waals surface area (Å²) in [6.07, 6.45) is 7.21. The Hall–Kier alpha value is -2.42. The highest BCUT2D eigenvalue weighted by molar-refractivity contribution is 6.13. The van der Waals surface area contributed by atoms with Crippen molar-refractivity contribution < 1.29 is 4.79 Å².